The van der Waals surface area contributed by atoms with Crippen LogP contribution in [-0.4, -0.2) is 23.8 Å². The number of likely N-dealkylation sites (tertiary alicyclic amines) is 1. The summed E-state index contributed by atoms with van der Waals surface area (Å²) < 4.78 is 0. The van der Waals surface area contributed by atoms with Crippen molar-refractivity contribution < 1.29 is 4.79 Å². The number of rotatable bonds is 2. The van der Waals surface area contributed by atoms with Crippen LogP contribution in [0.3, 0.4) is 0 Å². The van der Waals surface area contributed by atoms with Crippen molar-refractivity contribution in [2.75, 3.05) is 13.1 Å². The quantitative estimate of drug-likeness (QED) is 0.723. The molecule has 1 fully saturated rings. The third kappa shape index (κ3) is 2.75. The zero-order valence-corrected chi connectivity index (χ0v) is 10.1. The molecule has 1 heterocycles. The first-order chi connectivity index (χ1) is 8.20. The Hall–Kier alpha value is -1.59. The van der Waals surface area contributed by atoms with Gasteiger partial charge in [-0.3, -0.25) is 9.69 Å². The van der Waals surface area contributed by atoms with Crippen molar-refractivity contribution in [2.45, 2.75) is 25.8 Å². The van der Waals surface area contributed by atoms with Crippen molar-refractivity contribution in [1.29, 1.82) is 0 Å². The Morgan fingerprint density at radius 2 is 1.82 bits per heavy atom. The van der Waals surface area contributed by atoms with Crippen LogP contribution in [0.4, 0.5) is 0 Å². The summed E-state index contributed by atoms with van der Waals surface area (Å²) in [5.41, 5.74) is 2.17. The van der Waals surface area contributed by atoms with Crippen LogP contribution in [0.1, 0.15) is 36.9 Å². The summed E-state index contributed by atoms with van der Waals surface area (Å²) in [6, 6.07) is 8.46. The zero-order valence-electron chi connectivity index (χ0n) is 10.1. The minimum atomic E-state index is 0.356. The average molecular weight is 227 g/mol. The SMILES string of the molecule is C#Cc1ccc(C(C)N2CCC(=O)CC2)cc1. The summed E-state index contributed by atoms with van der Waals surface area (Å²) in [6.45, 7) is 3.93. The van der Waals surface area contributed by atoms with Gasteiger partial charge in [0.15, 0.2) is 0 Å². The van der Waals surface area contributed by atoms with E-state index in [0.29, 0.717) is 24.7 Å². The summed E-state index contributed by atoms with van der Waals surface area (Å²) in [6.07, 6.45) is 6.71. The van der Waals surface area contributed by atoms with Crippen molar-refractivity contribution in [3.63, 3.8) is 0 Å². The number of benzene rings is 1. The molecule has 0 saturated carbocycles. The molecule has 17 heavy (non-hydrogen) atoms. The van der Waals surface area contributed by atoms with Gasteiger partial charge >= 0.3 is 0 Å². The average Bonchev–Trinajstić information content (AvgIpc) is 2.39. The van der Waals surface area contributed by atoms with Gasteiger partial charge in [-0.05, 0) is 24.6 Å². The van der Waals surface area contributed by atoms with Crippen molar-refractivity contribution >= 4 is 5.78 Å². The zero-order chi connectivity index (χ0) is 12.3. The van der Waals surface area contributed by atoms with Gasteiger partial charge in [0.2, 0.25) is 0 Å². The molecule has 0 radical (unpaired) electrons. The van der Waals surface area contributed by atoms with Crippen molar-refractivity contribution in [2.24, 2.45) is 0 Å². The molecular weight excluding hydrogens is 210 g/mol. The van der Waals surface area contributed by atoms with Gasteiger partial charge in [-0.15, -0.1) is 6.42 Å². The summed E-state index contributed by atoms with van der Waals surface area (Å²) in [5.74, 6) is 3.01. The molecular formula is C15H17NO. The fourth-order valence-corrected chi connectivity index (χ4v) is 2.23. The van der Waals surface area contributed by atoms with Gasteiger partial charge < -0.3 is 0 Å². The van der Waals surface area contributed by atoms with Crippen LogP contribution in [0.2, 0.25) is 0 Å². The molecule has 0 bridgehead atoms. The molecule has 0 amide bonds. The second-order valence-electron chi connectivity index (χ2n) is 4.52. The van der Waals surface area contributed by atoms with Crippen molar-refractivity contribution in [3.05, 3.63) is 35.4 Å². The van der Waals surface area contributed by atoms with E-state index in [1.807, 2.05) is 12.1 Å². The van der Waals surface area contributed by atoms with E-state index in [1.165, 1.54) is 5.56 Å². The minimum Gasteiger partial charge on any atom is -0.300 e. The molecule has 0 spiro atoms. The lowest BCUT2D eigenvalue weighted by Crippen LogP contribution is -2.35. The number of nitrogens with zero attached hydrogens (tertiary/aromatic N) is 1. The van der Waals surface area contributed by atoms with Gasteiger partial charge in [0.25, 0.3) is 0 Å². The van der Waals surface area contributed by atoms with E-state index in [1.54, 1.807) is 0 Å². The molecule has 1 atom stereocenters. The molecule has 88 valence electrons. The number of hydrogen-bond acceptors (Lipinski definition) is 2. The standard InChI is InChI=1S/C15H17NO/c1-3-13-4-6-14(7-5-13)12(2)16-10-8-15(17)9-11-16/h1,4-7,12H,8-11H2,2H3. The normalized spacial score (nSPS) is 18.7. The van der Waals surface area contributed by atoms with Gasteiger partial charge in [0, 0.05) is 37.5 Å². The molecule has 0 aromatic heterocycles. The number of Topliss-reactive ketones (excluding diaryl/α,β-unsaturated/α-hetero) is 1. The number of ketones is 1. The Morgan fingerprint density at radius 3 is 2.35 bits per heavy atom. The van der Waals surface area contributed by atoms with E-state index in [-0.39, 0.29) is 0 Å². The number of hydrogen-bond donors (Lipinski definition) is 0. The van der Waals surface area contributed by atoms with E-state index in [9.17, 15) is 4.79 Å². The van der Waals surface area contributed by atoms with Crippen molar-refractivity contribution in [1.82, 2.24) is 4.90 Å². The van der Waals surface area contributed by atoms with E-state index in [4.69, 9.17) is 6.42 Å². The van der Waals surface area contributed by atoms with Crippen LogP contribution < -0.4 is 0 Å². The minimum absolute atomic E-state index is 0.356. The second kappa shape index (κ2) is 5.16. The fourth-order valence-electron chi connectivity index (χ4n) is 2.23. The van der Waals surface area contributed by atoms with Crippen LogP contribution in [0.5, 0.6) is 0 Å². The Balaban J connectivity index is 2.06. The van der Waals surface area contributed by atoms with E-state index in [2.05, 4.69) is 29.9 Å². The third-order valence-corrected chi connectivity index (χ3v) is 3.46. The summed E-state index contributed by atoms with van der Waals surface area (Å²) in [5, 5.41) is 0. The fraction of sp³-hybridized carbons (Fsp3) is 0.400. The lowest BCUT2D eigenvalue weighted by Gasteiger charge is -2.32. The monoisotopic (exact) mass is 227 g/mol. The number of carbonyl (C=O) groups is 1. The van der Waals surface area contributed by atoms with Gasteiger partial charge in [0.05, 0.1) is 0 Å². The summed E-state index contributed by atoms with van der Waals surface area (Å²) in [7, 11) is 0. The van der Waals surface area contributed by atoms with Crippen molar-refractivity contribution in [3.8, 4) is 12.3 Å². The molecule has 1 aliphatic heterocycles. The lowest BCUT2D eigenvalue weighted by atomic mass is 10.0. The Kier molecular flexibility index (Phi) is 3.61. The number of piperidine rings is 1. The molecule has 2 nitrogen and oxygen atoms in total. The maximum atomic E-state index is 11.2. The largest absolute Gasteiger partial charge is 0.300 e. The Labute approximate surface area is 103 Å². The highest BCUT2D eigenvalue weighted by atomic mass is 16.1. The van der Waals surface area contributed by atoms with Crippen LogP contribution in [0.25, 0.3) is 0 Å². The van der Waals surface area contributed by atoms with Gasteiger partial charge in [-0.1, -0.05) is 18.1 Å². The maximum Gasteiger partial charge on any atom is 0.135 e. The van der Waals surface area contributed by atoms with E-state index >= 15 is 0 Å². The number of carbonyl (C=O) groups excluding carboxylic acids is 1. The lowest BCUT2D eigenvalue weighted by molar-refractivity contribution is -0.121. The molecule has 0 aliphatic carbocycles. The topological polar surface area (TPSA) is 20.3 Å². The van der Waals surface area contributed by atoms with Crippen LogP contribution >= 0.6 is 0 Å². The molecule has 1 saturated heterocycles. The van der Waals surface area contributed by atoms with Gasteiger partial charge in [-0.25, -0.2) is 0 Å². The predicted molar refractivity (Wildman–Crippen MR) is 68.6 cm³/mol. The third-order valence-electron chi connectivity index (χ3n) is 3.46. The van der Waals surface area contributed by atoms with E-state index in [0.717, 1.165) is 18.7 Å². The highest BCUT2D eigenvalue weighted by molar-refractivity contribution is 5.79. The molecule has 2 heteroatoms. The van der Waals surface area contributed by atoms with Gasteiger partial charge in [0.1, 0.15) is 5.78 Å². The van der Waals surface area contributed by atoms with Crippen LogP contribution in [0, 0.1) is 12.3 Å². The first-order valence-corrected chi connectivity index (χ1v) is 6.03. The van der Waals surface area contributed by atoms with E-state index < -0.39 is 0 Å². The number of terminal acetylenes is 1. The molecule has 0 N–H and O–H groups in total. The molecule has 1 aliphatic rings. The second-order valence-corrected chi connectivity index (χ2v) is 4.52. The highest BCUT2D eigenvalue weighted by Crippen LogP contribution is 2.23. The maximum absolute atomic E-state index is 11.2. The molecule has 1 unspecified atom stereocenters. The Morgan fingerprint density at radius 1 is 1.24 bits per heavy atom. The molecule has 1 aromatic carbocycles. The Bertz CT molecular complexity index is 431. The highest BCUT2D eigenvalue weighted by Gasteiger charge is 2.21. The first-order valence-electron chi connectivity index (χ1n) is 6.03. The molecule has 1 aromatic rings. The predicted octanol–water partition coefficient (Wildman–Crippen LogP) is 2.39. The summed E-state index contributed by atoms with van der Waals surface area (Å²) in [4.78, 5) is 13.6. The summed E-state index contributed by atoms with van der Waals surface area (Å²) >= 11 is 0. The smallest absolute Gasteiger partial charge is 0.135 e. The van der Waals surface area contributed by atoms with Crippen LogP contribution in [0.15, 0.2) is 24.3 Å². The van der Waals surface area contributed by atoms with Gasteiger partial charge in [-0.2, -0.15) is 0 Å². The van der Waals surface area contributed by atoms with Crippen LogP contribution in [-0.2, 0) is 4.79 Å². The first kappa shape index (κ1) is 11.9. The molecule has 2 rings (SSSR count).